The van der Waals surface area contributed by atoms with Crippen molar-refractivity contribution in [1.29, 1.82) is 0 Å². The van der Waals surface area contributed by atoms with Crippen LogP contribution in [-0.2, 0) is 0 Å². The molecule has 3 aromatic rings. The molecule has 1 aromatic heterocycles. The Balaban J connectivity index is 1.88. The van der Waals surface area contributed by atoms with Crippen LogP contribution in [0.15, 0.2) is 60.0 Å². The lowest BCUT2D eigenvalue weighted by atomic mass is 10.1. The number of rotatable bonds is 6. The van der Waals surface area contributed by atoms with Crippen LogP contribution < -0.4 is 4.74 Å². The Labute approximate surface area is 140 Å². The van der Waals surface area contributed by atoms with Crippen molar-refractivity contribution >= 4 is 33.9 Å². The van der Waals surface area contributed by atoms with E-state index in [2.05, 4.69) is 35.7 Å². The van der Waals surface area contributed by atoms with Gasteiger partial charge in [-0.25, -0.2) is 4.42 Å². The van der Waals surface area contributed by atoms with E-state index in [9.17, 15) is 0 Å². The second-order valence-corrected chi connectivity index (χ2v) is 6.77. The third-order valence-corrected chi connectivity index (χ3v) is 4.71. The normalized spacial score (nSPS) is 12.7. The van der Waals surface area contributed by atoms with Crippen molar-refractivity contribution < 1.29 is 4.74 Å². The van der Waals surface area contributed by atoms with Gasteiger partial charge in [0.05, 0.1) is 0 Å². The minimum absolute atomic E-state index is 0.0204. The minimum atomic E-state index is 0.0204. The van der Waals surface area contributed by atoms with Gasteiger partial charge < -0.3 is 4.74 Å². The number of fused-ring (bicyclic) bond motifs is 1. The van der Waals surface area contributed by atoms with E-state index >= 15 is 0 Å². The van der Waals surface area contributed by atoms with Crippen molar-refractivity contribution in [3.05, 3.63) is 64.9 Å². The molecule has 3 rings (SSSR count). The number of ether oxygens (including phenoxy) is 1. The summed E-state index contributed by atoms with van der Waals surface area (Å²) < 4.78 is 8.02. The highest BCUT2D eigenvalue weighted by atomic mass is 35.5. The molecule has 0 spiro atoms. The van der Waals surface area contributed by atoms with Crippen molar-refractivity contribution in [2.45, 2.75) is 12.5 Å². The first-order valence-corrected chi connectivity index (χ1v) is 8.50. The second-order valence-electron chi connectivity index (χ2n) is 5.22. The molecule has 114 valence electrons. The van der Waals surface area contributed by atoms with Gasteiger partial charge in [-0.15, -0.1) is 11.3 Å². The molecule has 0 fully saturated rings. The maximum atomic E-state index is 6.35. The zero-order valence-electron chi connectivity index (χ0n) is 12.4. The topological polar surface area (TPSA) is 12.5 Å². The van der Waals surface area contributed by atoms with Crippen molar-refractivity contribution in [3.8, 4) is 5.75 Å². The van der Waals surface area contributed by atoms with Gasteiger partial charge in [-0.05, 0) is 34.7 Å². The fraction of sp³-hybridized carbons (Fsp3) is 0.222. The molecule has 1 atom stereocenters. The van der Waals surface area contributed by atoms with Crippen molar-refractivity contribution in [2.24, 2.45) is 0 Å². The predicted octanol–water partition coefficient (Wildman–Crippen LogP) is 5.50. The molecule has 0 aliphatic rings. The Morgan fingerprint density at radius 2 is 1.91 bits per heavy atom. The highest BCUT2D eigenvalue weighted by Gasteiger charge is 2.16. The lowest BCUT2D eigenvalue weighted by molar-refractivity contribution is 0.193. The summed E-state index contributed by atoms with van der Waals surface area (Å²) in [5.74, 6) is 0.925. The van der Waals surface area contributed by atoms with Crippen LogP contribution in [0.1, 0.15) is 17.4 Å². The van der Waals surface area contributed by atoms with E-state index in [0.29, 0.717) is 0 Å². The molecule has 2 nitrogen and oxygen atoms in total. The van der Waals surface area contributed by atoms with E-state index in [1.54, 1.807) is 15.8 Å². The van der Waals surface area contributed by atoms with Gasteiger partial charge in [0.25, 0.3) is 0 Å². The summed E-state index contributed by atoms with van der Waals surface area (Å²) in [7, 11) is 1.87. The summed E-state index contributed by atoms with van der Waals surface area (Å²) in [5.41, 5.74) is 0. The van der Waals surface area contributed by atoms with Crippen LogP contribution >= 0.6 is 23.1 Å². The SMILES string of the molecule is CN(Cl)CC[C@H](Oc1cccc2ccccc12)c1cccs1. The molecule has 22 heavy (non-hydrogen) atoms. The highest BCUT2D eigenvalue weighted by Crippen LogP contribution is 2.32. The fourth-order valence-corrected chi connectivity index (χ4v) is 3.37. The second kappa shape index (κ2) is 7.14. The number of benzene rings is 2. The molecule has 4 heteroatoms. The Morgan fingerprint density at radius 3 is 2.68 bits per heavy atom. The molecule has 0 saturated carbocycles. The molecule has 1 heterocycles. The highest BCUT2D eigenvalue weighted by molar-refractivity contribution is 7.10. The van der Waals surface area contributed by atoms with Crippen LogP contribution in [0.25, 0.3) is 10.8 Å². The van der Waals surface area contributed by atoms with Crippen LogP contribution in [-0.4, -0.2) is 18.0 Å². The average Bonchev–Trinajstić information content (AvgIpc) is 3.05. The number of thiophene rings is 1. The lowest BCUT2D eigenvalue weighted by Gasteiger charge is -2.20. The van der Waals surface area contributed by atoms with Crippen molar-refractivity contribution in [1.82, 2.24) is 4.42 Å². The van der Waals surface area contributed by atoms with E-state index in [1.165, 1.54) is 10.3 Å². The van der Waals surface area contributed by atoms with Crippen molar-refractivity contribution in [3.63, 3.8) is 0 Å². The third kappa shape index (κ3) is 3.61. The molecule has 0 unspecified atom stereocenters. The van der Waals surface area contributed by atoms with Gasteiger partial charge >= 0.3 is 0 Å². The van der Waals surface area contributed by atoms with Gasteiger partial charge in [-0.2, -0.15) is 0 Å². The van der Waals surface area contributed by atoms with Crippen LogP contribution in [0.2, 0.25) is 0 Å². The van der Waals surface area contributed by atoms with E-state index in [0.717, 1.165) is 24.1 Å². The fourth-order valence-electron chi connectivity index (χ4n) is 2.48. The Morgan fingerprint density at radius 1 is 1.09 bits per heavy atom. The smallest absolute Gasteiger partial charge is 0.134 e. The predicted molar refractivity (Wildman–Crippen MR) is 94.7 cm³/mol. The molecule has 2 aromatic carbocycles. The summed E-state index contributed by atoms with van der Waals surface area (Å²) in [6, 6.07) is 18.7. The van der Waals surface area contributed by atoms with Gasteiger partial charge in [0.15, 0.2) is 0 Å². The van der Waals surface area contributed by atoms with Gasteiger partial charge in [0.2, 0.25) is 0 Å². The standard InChI is InChI=1S/C18H18ClNOS/c1-20(19)12-11-17(18-10-5-13-22-18)21-16-9-4-7-14-6-2-3-8-15(14)16/h2-10,13,17H,11-12H2,1H3/t17-/m0/s1. The van der Waals surface area contributed by atoms with E-state index in [-0.39, 0.29) is 6.10 Å². The molecule has 0 aliphatic heterocycles. The summed E-state index contributed by atoms with van der Waals surface area (Å²) in [4.78, 5) is 1.23. The Kier molecular flexibility index (Phi) is 4.98. The zero-order chi connectivity index (χ0) is 15.4. The van der Waals surface area contributed by atoms with Crippen LogP contribution in [0.4, 0.5) is 0 Å². The Bertz CT molecular complexity index is 722. The number of hydrogen-bond donors (Lipinski definition) is 0. The number of nitrogens with zero attached hydrogens (tertiary/aromatic N) is 1. The number of hydrogen-bond acceptors (Lipinski definition) is 3. The third-order valence-electron chi connectivity index (χ3n) is 3.58. The van der Waals surface area contributed by atoms with E-state index in [4.69, 9.17) is 16.5 Å². The molecule has 0 aliphatic carbocycles. The summed E-state index contributed by atoms with van der Waals surface area (Å²) in [6.45, 7) is 0.773. The molecular weight excluding hydrogens is 314 g/mol. The summed E-state index contributed by atoms with van der Waals surface area (Å²) in [6.07, 6.45) is 0.871. The van der Waals surface area contributed by atoms with Crippen LogP contribution in [0, 0.1) is 0 Å². The molecule has 0 saturated heterocycles. The molecule has 0 amide bonds. The minimum Gasteiger partial charge on any atom is -0.484 e. The first kappa shape index (κ1) is 15.3. The number of halogens is 1. The van der Waals surface area contributed by atoms with Crippen molar-refractivity contribution in [2.75, 3.05) is 13.6 Å². The molecule has 0 N–H and O–H groups in total. The van der Waals surface area contributed by atoms with Gasteiger partial charge in [0.1, 0.15) is 11.9 Å². The first-order valence-electron chi connectivity index (χ1n) is 7.29. The molecule has 0 radical (unpaired) electrons. The largest absolute Gasteiger partial charge is 0.484 e. The lowest BCUT2D eigenvalue weighted by Crippen LogP contribution is -2.14. The van der Waals surface area contributed by atoms with E-state index in [1.807, 2.05) is 31.3 Å². The zero-order valence-corrected chi connectivity index (χ0v) is 14.0. The first-order chi connectivity index (χ1) is 10.7. The van der Waals surface area contributed by atoms with Crippen LogP contribution in [0.3, 0.4) is 0 Å². The van der Waals surface area contributed by atoms with Gasteiger partial charge in [-0.3, -0.25) is 0 Å². The maximum Gasteiger partial charge on any atom is 0.134 e. The maximum absolute atomic E-state index is 6.35. The summed E-state index contributed by atoms with van der Waals surface area (Å²) >= 11 is 7.68. The quantitative estimate of drug-likeness (QED) is 0.553. The molecular formula is C18H18ClNOS. The summed E-state index contributed by atoms with van der Waals surface area (Å²) in [5, 5.41) is 4.42. The van der Waals surface area contributed by atoms with Gasteiger partial charge in [0, 0.05) is 30.3 Å². The monoisotopic (exact) mass is 331 g/mol. The van der Waals surface area contributed by atoms with Gasteiger partial charge in [-0.1, -0.05) is 42.5 Å². The van der Waals surface area contributed by atoms with E-state index < -0.39 is 0 Å². The van der Waals surface area contributed by atoms with Crippen LogP contribution in [0.5, 0.6) is 5.75 Å². The average molecular weight is 332 g/mol. The molecule has 0 bridgehead atoms. The Hall–Kier alpha value is -1.55.